The number of halogens is 1. The highest BCUT2D eigenvalue weighted by atomic mass is 35.5. The van der Waals surface area contributed by atoms with Crippen LogP contribution in [0.15, 0.2) is 36.4 Å². The van der Waals surface area contributed by atoms with Crippen molar-refractivity contribution in [2.75, 3.05) is 18.2 Å². The number of anilines is 1. The Morgan fingerprint density at radius 1 is 0.964 bits per heavy atom. The predicted molar refractivity (Wildman–Crippen MR) is 101 cm³/mol. The smallest absolute Gasteiger partial charge is 0.269 e. The zero-order valence-corrected chi connectivity index (χ0v) is 15.4. The van der Waals surface area contributed by atoms with Gasteiger partial charge in [-0.1, -0.05) is 11.6 Å². The predicted octanol–water partition coefficient (Wildman–Crippen LogP) is 2.27. The standard InChI is InChI=1S/C19H16ClN3O5/c20-13-5-3-11(8-14(13)23-7-1-2-17(23)24)18(25)21-22-19(26)12-4-6-15-16(9-12)28-10-27-15/h3-6,8-9H,1-2,7,10H2,(H,21,25)(H,22,26). The number of carbonyl (C=O) groups excluding carboxylic acids is 3. The highest BCUT2D eigenvalue weighted by molar-refractivity contribution is 6.34. The summed E-state index contributed by atoms with van der Waals surface area (Å²) in [6.45, 7) is 0.667. The molecule has 0 atom stereocenters. The molecule has 2 aromatic rings. The summed E-state index contributed by atoms with van der Waals surface area (Å²) >= 11 is 6.18. The van der Waals surface area contributed by atoms with Gasteiger partial charge in [0.05, 0.1) is 10.7 Å². The molecule has 2 heterocycles. The monoisotopic (exact) mass is 401 g/mol. The average Bonchev–Trinajstić information content (AvgIpc) is 3.34. The molecule has 2 aliphatic rings. The third-order valence-corrected chi connectivity index (χ3v) is 4.82. The first-order valence-corrected chi connectivity index (χ1v) is 9.01. The highest BCUT2D eigenvalue weighted by Gasteiger charge is 2.24. The highest BCUT2D eigenvalue weighted by Crippen LogP contribution is 2.32. The van der Waals surface area contributed by atoms with Crippen LogP contribution in [0.5, 0.6) is 11.5 Å². The normalized spacial score (nSPS) is 14.9. The summed E-state index contributed by atoms with van der Waals surface area (Å²) in [5.74, 6) is -0.0351. The van der Waals surface area contributed by atoms with E-state index in [0.717, 1.165) is 6.42 Å². The maximum absolute atomic E-state index is 12.4. The summed E-state index contributed by atoms with van der Waals surface area (Å²) in [6, 6.07) is 9.33. The van der Waals surface area contributed by atoms with E-state index in [2.05, 4.69) is 10.9 Å². The summed E-state index contributed by atoms with van der Waals surface area (Å²) in [5, 5.41) is 0.385. The second kappa shape index (κ2) is 7.40. The van der Waals surface area contributed by atoms with Gasteiger partial charge in [0, 0.05) is 24.1 Å². The van der Waals surface area contributed by atoms with E-state index < -0.39 is 11.8 Å². The number of nitrogens with one attached hydrogen (secondary N) is 2. The van der Waals surface area contributed by atoms with Gasteiger partial charge in [-0.15, -0.1) is 0 Å². The number of amides is 3. The molecule has 1 saturated heterocycles. The number of nitrogens with zero attached hydrogens (tertiary/aromatic N) is 1. The van der Waals surface area contributed by atoms with Crippen LogP contribution < -0.4 is 25.2 Å². The van der Waals surface area contributed by atoms with Crippen molar-refractivity contribution in [1.82, 2.24) is 10.9 Å². The Labute approximate surface area is 165 Å². The lowest BCUT2D eigenvalue weighted by Crippen LogP contribution is -2.41. The van der Waals surface area contributed by atoms with Gasteiger partial charge in [0.25, 0.3) is 11.8 Å². The number of hydrogen-bond donors (Lipinski definition) is 2. The van der Waals surface area contributed by atoms with Crippen LogP contribution in [0.2, 0.25) is 5.02 Å². The zero-order chi connectivity index (χ0) is 19.7. The van der Waals surface area contributed by atoms with Gasteiger partial charge in [-0.05, 0) is 42.8 Å². The van der Waals surface area contributed by atoms with Crippen LogP contribution >= 0.6 is 11.6 Å². The molecule has 9 heteroatoms. The Balaban J connectivity index is 1.44. The van der Waals surface area contributed by atoms with Crippen molar-refractivity contribution in [3.05, 3.63) is 52.5 Å². The molecule has 0 spiro atoms. The molecule has 144 valence electrons. The molecule has 0 unspecified atom stereocenters. The molecule has 0 bridgehead atoms. The van der Waals surface area contributed by atoms with E-state index in [-0.39, 0.29) is 18.3 Å². The van der Waals surface area contributed by atoms with Crippen LogP contribution in [-0.4, -0.2) is 31.1 Å². The Hall–Kier alpha value is -3.26. The number of hydrogen-bond acceptors (Lipinski definition) is 5. The minimum Gasteiger partial charge on any atom is -0.454 e. The van der Waals surface area contributed by atoms with Crippen LogP contribution in [-0.2, 0) is 4.79 Å². The zero-order valence-electron chi connectivity index (χ0n) is 14.7. The summed E-state index contributed by atoms with van der Waals surface area (Å²) < 4.78 is 10.4. The summed E-state index contributed by atoms with van der Waals surface area (Å²) in [4.78, 5) is 38.2. The van der Waals surface area contributed by atoms with Crippen molar-refractivity contribution in [2.45, 2.75) is 12.8 Å². The average molecular weight is 402 g/mol. The fourth-order valence-electron chi connectivity index (χ4n) is 3.06. The van der Waals surface area contributed by atoms with E-state index in [4.69, 9.17) is 21.1 Å². The largest absolute Gasteiger partial charge is 0.454 e. The first-order chi connectivity index (χ1) is 13.5. The maximum atomic E-state index is 12.4. The van der Waals surface area contributed by atoms with Crippen LogP contribution in [0.1, 0.15) is 33.6 Å². The SMILES string of the molecule is O=C(NNC(=O)c1ccc(Cl)c(N2CCCC2=O)c1)c1ccc2c(c1)OCO2. The van der Waals surface area contributed by atoms with Gasteiger partial charge in [-0.2, -0.15) is 0 Å². The number of benzene rings is 2. The molecular formula is C19H16ClN3O5. The fraction of sp³-hybridized carbons (Fsp3) is 0.211. The molecule has 28 heavy (non-hydrogen) atoms. The second-order valence-corrected chi connectivity index (χ2v) is 6.70. The van der Waals surface area contributed by atoms with E-state index in [0.29, 0.717) is 40.7 Å². The number of hydrazine groups is 1. The van der Waals surface area contributed by atoms with E-state index in [1.807, 2.05) is 0 Å². The molecule has 0 aliphatic carbocycles. The van der Waals surface area contributed by atoms with Crippen LogP contribution in [0.4, 0.5) is 5.69 Å². The second-order valence-electron chi connectivity index (χ2n) is 6.29. The van der Waals surface area contributed by atoms with E-state index in [1.54, 1.807) is 23.1 Å². The van der Waals surface area contributed by atoms with Gasteiger partial charge in [0.1, 0.15) is 0 Å². The first kappa shape index (κ1) is 18.1. The topological polar surface area (TPSA) is 97.0 Å². The first-order valence-electron chi connectivity index (χ1n) is 8.63. The van der Waals surface area contributed by atoms with Crippen molar-refractivity contribution in [1.29, 1.82) is 0 Å². The third-order valence-electron chi connectivity index (χ3n) is 4.50. The molecule has 4 rings (SSSR count). The molecule has 0 radical (unpaired) electrons. The van der Waals surface area contributed by atoms with Gasteiger partial charge in [0.2, 0.25) is 12.7 Å². The van der Waals surface area contributed by atoms with Gasteiger partial charge < -0.3 is 14.4 Å². The molecule has 0 saturated carbocycles. The fourth-order valence-corrected chi connectivity index (χ4v) is 3.28. The number of rotatable bonds is 3. The Morgan fingerprint density at radius 3 is 2.36 bits per heavy atom. The summed E-state index contributed by atoms with van der Waals surface area (Å²) in [7, 11) is 0. The lowest BCUT2D eigenvalue weighted by Gasteiger charge is -2.18. The molecular weight excluding hydrogens is 386 g/mol. The quantitative estimate of drug-likeness (QED) is 0.769. The molecule has 3 amide bonds. The minimum absolute atomic E-state index is 0.0319. The number of carbonyl (C=O) groups is 3. The third kappa shape index (κ3) is 3.46. The lowest BCUT2D eigenvalue weighted by molar-refractivity contribution is -0.117. The van der Waals surface area contributed by atoms with Gasteiger partial charge in [-0.3, -0.25) is 25.2 Å². The van der Waals surface area contributed by atoms with Crippen molar-refractivity contribution in [2.24, 2.45) is 0 Å². The molecule has 2 N–H and O–H groups in total. The Bertz CT molecular complexity index is 978. The lowest BCUT2D eigenvalue weighted by atomic mass is 10.1. The molecule has 8 nitrogen and oxygen atoms in total. The number of fused-ring (bicyclic) bond motifs is 1. The van der Waals surface area contributed by atoms with Gasteiger partial charge >= 0.3 is 0 Å². The molecule has 1 fully saturated rings. The summed E-state index contributed by atoms with van der Waals surface area (Å²) in [6.07, 6.45) is 1.20. The van der Waals surface area contributed by atoms with Crippen molar-refractivity contribution in [3.8, 4) is 11.5 Å². The molecule has 2 aromatic carbocycles. The molecule has 0 aromatic heterocycles. The Kier molecular flexibility index (Phi) is 4.79. The van der Waals surface area contributed by atoms with Crippen molar-refractivity contribution >= 4 is 35.0 Å². The van der Waals surface area contributed by atoms with Gasteiger partial charge in [0.15, 0.2) is 11.5 Å². The van der Waals surface area contributed by atoms with E-state index in [1.165, 1.54) is 18.2 Å². The molecule has 2 aliphatic heterocycles. The van der Waals surface area contributed by atoms with Crippen molar-refractivity contribution < 1.29 is 23.9 Å². The van der Waals surface area contributed by atoms with Crippen LogP contribution in [0, 0.1) is 0 Å². The van der Waals surface area contributed by atoms with E-state index >= 15 is 0 Å². The Morgan fingerprint density at radius 2 is 1.64 bits per heavy atom. The minimum atomic E-state index is -0.529. The van der Waals surface area contributed by atoms with E-state index in [9.17, 15) is 14.4 Å². The van der Waals surface area contributed by atoms with Crippen LogP contribution in [0.3, 0.4) is 0 Å². The summed E-state index contributed by atoms with van der Waals surface area (Å²) in [5.41, 5.74) is 5.77. The van der Waals surface area contributed by atoms with Gasteiger partial charge in [-0.25, -0.2) is 0 Å². The number of ether oxygens (including phenoxy) is 2. The van der Waals surface area contributed by atoms with Crippen molar-refractivity contribution in [3.63, 3.8) is 0 Å². The maximum Gasteiger partial charge on any atom is 0.269 e. The van der Waals surface area contributed by atoms with Crippen LogP contribution in [0.25, 0.3) is 0 Å².